The van der Waals surface area contributed by atoms with Gasteiger partial charge in [0.1, 0.15) is 0 Å². The minimum absolute atomic E-state index is 0.184. The molecule has 3 heterocycles. The molecule has 2 aliphatic heterocycles. The molecule has 2 amide bonds. The van der Waals surface area contributed by atoms with Crippen molar-refractivity contribution in [2.75, 3.05) is 19.6 Å². The molecule has 0 spiro atoms. The van der Waals surface area contributed by atoms with E-state index in [9.17, 15) is 9.59 Å². The lowest BCUT2D eigenvalue weighted by Crippen LogP contribution is -2.36. The quantitative estimate of drug-likeness (QED) is 0.880. The van der Waals surface area contributed by atoms with Gasteiger partial charge in [0, 0.05) is 56.7 Å². The van der Waals surface area contributed by atoms with Crippen molar-refractivity contribution in [3.8, 4) is 0 Å². The van der Waals surface area contributed by atoms with Gasteiger partial charge in [0.2, 0.25) is 11.8 Å². The van der Waals surface area contributed by atoms with Crippen molar-refractivity contribution >= 4 is 11.8 Å². The highest BCUT2D eigenvalue weighted by Gasteiger charge is 2.23. The summed E-state index contributed by atoms with van der Waals surface area (Å²) in [5, 5.41) is 6.98. The average Bonchev–Trinajstić information content (AvgIpc) is 3.07. The fourth-order valence-electron chi connectivity index (χ4n) is 2.95. The Labute approximate surface area is 118 Å². The van der Waals surface area contributed by atoms with E-state index in [2.05, 4.69) is 10.2 Å². The average molecular weight is 276 g/mol. The summed E-state index contributed by atoms with van der Waals surface area (Å²) in [6.07, 6.45) is 5.57. The molecule has 6 nitrogen and oxygen atoms in total. The van der Waals surface area contributed by atoms with Gasteiger partial charge >= 0.3 is 0 Å². The molecule has 20 heavy (non-hydrogen) atoms. The van der Waals surface area contributed by atoms with Crippen molar-refractivity contribution in [1.29, 1.82) is 0 Å². The van der Waals surface area contributed by atoms with Crippen LogP contribution in [0, 0.1) is 0 Å². The van der Waals surface area contributed by atoms with E-state index in [1.165, 1.54) is 0 Å². The molecule has 0 saturated carbocycles. The molecule has 0 aliphatic carbocycles. The molecule has 3 rings (SSSR count). The van der Waals surface area contributed by atoms with E-state index in [4.69, 9.17) is 0 Å². The number of nitrogens with zero attached hydrogens (tertiary/aromatic N) is 3. The van der Waals surface area contributed by atoms with Crippen LogP contribution in [0.25, 0.3) is 0 Å². The van der Waals surface area contributed by atoms with Crippen molar-refractivity contribution in [3.63, 3.8) is 0 Å². The zero-order chi connectivity index (χ0) is 13.9. The standard InChI is InChI=1S/C14H20N4O2/c19-13-3-1-6-17(13)7-2-4-14(20)18-8-5-12-11(10-18)9-15-16-12/h9H,1-8,10H2,(H,15,16). The number of carbonyl (C=O) groups excluding carboxylic acids is 2. The summed E-state index contributed by atoms with van der Waals surface area (Å²) < 4.78 is 0. The molecule has 1 N–H and O–H groups in total. The van der Waals surface area contributed by atoms with Crippen molar-refractivity contribution in [3.05, 3.63) is 17.5 Å². The van der Waals surface area contributed by atoms with Gasteiger partial charge in [-0.05, 0) is 12.8 Å². The van der Waals surface area contributed by atoms with Gasteiger partial charge in [-0.3, -0.25) is 14.7 Å². The van der Waals surface area contributed by atoms with Crippen molar-refractivity contribution < 1.29 is 9.59 Å². The number of likely N-dealkylation sites (tertiary alicyclic amines) is 1. The zero-order valence-corrected chi connectivity index (χ0v) is 11.6. The zero-order valence-electron chi connectivity index (χ0n) is 11.6. The Morgan fingerprint density at radius 1 is 1.35 bits per heavy atom. The maximum Gasteiger partial charge on any atom is 0.222 e. The van der Waals surface area contributed by atoms with E-state index in [1.807, 2.05) is 9.80 Å². The smallest absolute Gasteiger partial charge is 0.222 e. The summed E-state index contributed by atoms with van der Waals surface area (Å²) in [4.78, 5) is 27.4. The summed E-state index contributed by atoms with van der Waals surface area (Å²) in [5.41, 5.74) is 2.27. The number of amides is 2. The number of aromatic amines is 1. The first-order valence-electron chi connectivity index (χ1n) is 7.31. The number of hydrogen-bond acceptors (Lipinski definition) is 3. The number of rotatable bonds is 4. The Hall–Kier alpha value is -1.85. The molecule has 1 aromatic heterocycles. The Bertz CT molecular complexity index is 511. The van der Waals surface area contributed by atoms with Crippen LogP contribution in [0.3, 0.4) is 0 Å². The second-order valence-electron chi connectivity index (χ2n) is 5.53. The van der Waals surface area contributed by atoms with Gasteiger partial charge in [-0.2, -0.15) is 5.10 Å². The van der Waals surface area contributed by atoms with Crippen LogP contribution < -0.4 is 0 Å². The van der Waals surface area contributed by atoms with E-state index < -0.39 is 0 Å². The van der Waals surface area contributed by atoms with Crippen molar-refractivity contribution in [1.82, 2.24) is 20.0 Å². The number of fused-ring (bicyclic) bond motifs is 1. The van der Waals surface area contributed by atoms with Gasteiger partial charge < -0.3 is 9.80 Å². The van der Waals surface area contributed by atoms with Crippen LogP contribution in [0.15, 0.2) is 6.20 Å². The van der Waals surface area contributed by atoms with Crippen LogP contribution in [0.4, 0.5) is 0 Å². The van der Waals surface area contributed by atoms with Crippen LogP contribution in [-0.2, 0) is 22.6 Å². The van der Waals surface area contributed by atoms with E-state index in [0.29, 0.717) is 19.4 Å². The summed E-state index contributed by atoms with van der Waals surface area (Å²) in [6, 6.07) is 0. The number of H-pyrrole nitrogens is 1. The third-order valence-electron chi connectivity index (χ3n) is 4.14. The highest BCUT2D eigenvalue weighted by Crippen LogP contribution is 2.17. The van der Waals surface area contributed by atoms with Gasteiger partial charge in [-0.1, -0.05) is 0 Å². The fraction of sp³-hybridized carbons (Fsp3) is 0.643. The van der Waals surface area contributed by atoms with Crippen LogP contribution in [0.5, 0.6) is 0 Å². The van der Waals surface area contributed by atoms with Gasteiger partial charge in [0.15, 0.2) is 0 Å². The number of carbonyl (C=O) groups is 2. The summed E-state index contributed by atoms with van der Waals surface area (Å²) >= 11 is 0. The molecule has 0 unspecified atom stereocenters. The lowest BCUT2D eigenvalue weighted by atomic mass is 10.1. The maximum atomic E-state index is 12.2. The fourth-order valence-corrected chi connectivity index (χ4v) is 2.95. The van der Waals surface area contributed by atoms with Crippen LogP contribution in [0.1, 0.15) is 36.9 Å². The Balaban J connectivity index is 1.45. The first-order chi connectivity index (χ1) is 9.74. The predicted molar refractivity (Wildman–Crippen MR) is 72.8 cm³/mol. The van der Waals surface area contributed by atoms with E-state index >= 15 is 0 Å². The molecule has 6 heteroatoms. The summed E-state index contributed by atoms with van der Waals surface area (Å²) in [5.74, 6) is 0.418. The largest absolute Gasteiger partial charge is 0.343 e. The first kappa shape index (κ1) is 13.1. The molecule has 0 atom stereocenters. The third kappa shape index (κ3) is 2.69. The number of aromatic nitrogens is 2. The monoisotopic (exact) mass is 276 g/mol. The molecule has 0 radical (unpaired) electrons. The second-order valence-corrected chi connectivity index (χ2v) is 5.53. The topological polar surface area (TPSA) is 69.3 Å². The van der Waals surface area contributed by atoms with Gasteiger partial charge in [-0.25, -0.2) is 0 Å². The van der Waals surface area contributed by atoms with Gasteiger partial charge in [0.25, 0.3) is 0 Å². The van der Waals surface area contributed by atoms with Crippen molar-refractivity contribution in [2.45, 2.75) is 38.6 Å². The van der Waals surface area contributed by atoms with E-state index in [1.54, 1.807) is 6.20 Å². The Morgan fingerprint density at radius 3 is 3.05 bits per heavy atom. The molecule has 108 valence electrons. The lowest BCUT2D eigenvalue weighted by Gasteiger charge is -2.27. The molecule has 2 aliphatic rings. The normalized spacial score (nSPS) is 18.5. The van der Waals surface area contributed by atoms with Crippen LogP contribution in [-0.4, -0.2) is 51.4 Å². The summed E-state index contributed by atoms with van der Waals surface area (Å²) in [6.45, 7) is 2.99. The van der Waals surface area contributed by atoms with Crippen molar-refractivity contribution in [2.24, 2.45) is 0 Å². The molecular formula is C14H20N4O2. The molecule has 1 fully saturated rings. The van der Waals surface area contributed by atoms with E-state index in [0.717, 1.165) is 50.2 Å². The predicted octanol–water partition coefficient (Wildman–Crippen LogP) is 0.697. The van der Waals surface area contributed by atoms with Gasteiger partial charge in [-0.15, -0.1) is 0 Å². The number of hydrogen-bond donors (Lipinski definition) is 1. The molecule has 1 saturated heterocycles. The molecule has 0 bridgehead atoms. The van der Waals surface area contributed by atoms with Gasteiger partial charge in [0.05, 0.1) is 6.20 Å². The number of nitrogens with one attached hydrogen (secondary N) is 1. The minimum atomic E-state index is 0.184. The minimum Gasteiger partial charge on any atom is -0.343 e. The molecular weight excluding hydrogens is 256 g/mol. The Kier molecular flexibility index (Phi) is 3.71. The van der Waals surface area contributed by atoms with Crippen LogP contribution >= 0.6 is 0 Å². The molecule has 0 aromatic carbocycles. The third-order valence-corrected chi connectivity index (χ3v) is 4.14. The van der Waals surface area contributed by atoms with Crippen LogP contribution in [0.2, 0.25) is 0 Å². The SMILES string of the molecule is O=C1CCCN1CCCC(=O)N1CCc2[nH]ncc2C1. The van der Waals surface area contributed by atoms with E-state index in [-0.39, 0.29) is 11.8 Å². The highest BCUT2D eigenvalue weighted by atomic mass is 16.2. The molecule has 1 aromatic rings. The highest BCUT2D eigenvalue weighted by molar-refractivity contribution is 5.78. The first-order valence-corrected chi connectivity index (χ1v) is 7.31. The lowest BCUT2D eigenvalue weighted by molar-refractivity contribution is -0.133. The maximum absolute atomic E-state index is 12.2. The second kappa shape index (κ2) is 5.64. The summed E-state index contributed by atoms with van der Waals surface area (Å²) in [7, 11) is 0. The Morgan fingerprint density at radius 2 is 2.25 bits per heavy atom.